The summed E-state index contributed by atoms with van der Waals surface area (Å²) in [7, 11) is -1.77. The molecule has 1 aromatic carbocycles. The first-order valence-corrected chi connectivity index (χ1v) is 10.2. The molecule has 1 aromatic rings. The molecule has 21 heavy (non-hydrogen) atoms. The molecule has 0 aromatic heterocycles. The number of carbonyl (C=O) groups excluding carboxylic acids is 1. The van der Waals surface area contributed by atoms with E-state index in [9.17, 15) is 21.6 Å². The van der Waals surface area contributed by atoms with Gasteiger partial charge in [0.15, 0.2) is 9.84 Å². The summed E-state index contributed by atoms with van der Waals surface area (Å²) in [6.07, 6.45) is 0.356. The van der Waals surface area contributed by atoms with Gasteiger partial charge < -0.3 is 5.32 Å². The first-order valence-electron chi connectivity index (χ1n) is 6.09. The predicted molar refractivity (Wildman–Crippen MR) is 78.6 cm³/mol. The van der Waals surface area contributed by atoms with Crippen molar-refractivity contribution in [1.82, 2.24) is 5.32 Å². The molecular weight excluding hydrogens is 338 g/mol. The third-order valence-electron chi connectivity index (χ3n) is 3.32. The lowest BCUT2D eigenvalue weighted by molar-refractivity contribution is 0.0915. The van der Waals surface area contributed by atoms with Gasteiger partial charge in [-0.15, -0.1) is 0 Å². The van der Waals surface area contributed by atoms with Crippen molar-refractivity contribution in [3.63, 3.8) is 0 Å². The number of carbonyl (C=O) groups is 1. The molecule has 1 heterocycles. The van der Waals surface area contributed by atoms with Crippen LogP contribution in [0, 0.1) is 0 Å². The minimum atomic E-state index is -3.83. The number of sulfone groups is 1. The molecule has 1 fully saturated rings. The fourth-order valence-electron chi connectivity index (χ4n) is 2.22. The van der Waals surface area contributed by atoms with Crippen LogP contribution >= 0.6 is 10.7 Å². The van der Waals surface area contributed by atoms with Gasteiger partial charge in [0, 0.05) is 16.2 Å². The molecule has 6 nitrogen and oxygen atoms in total. The first-order chi connectivity index (χ1) is 9.51. The maximum Gasteiger partial charge on any atom is 0.261 e. The van der Waals surface area contributed by atoms with Crippen molar-refractivity contribution >= 4 is 35.5 Å². The zero-order chi connectivity index (χ0) is 15.9. The van der Waals surface area contributed by atoms with E-state index in [4.69, 9.17) is 10.7 Å². The van der Waals surface area contributed by atoms with E-state index in [1.807, 2.05) is 0 Å². The average molecular weight is 352 g/mol. The van der Waals surface area contributed by atoms with Crippen molar-refractivity contribution in [1.29, 1.82) is 0 Å². The largest absolute Gasteiger partial charge is 0.346 e. The predicted octanol–water partition coefficient (Wildman–Crippen LogP) is 0.921. The fraction of sp³-hybridized carbons (Fsp3) is 0.417. The van der Waals surface area contributed by atoms with E-state index >= 15 is 0 Å². The van der Waals surface area contributed by atoms with E-state index in [1.165, 1.54) is 24.3 Å². The summed E-state index contributed by atoms with van der Waals surface area (Å²) in [4.78, 5) is 12.0. The van der Waals surface area contributed by atoms with Gasteiger partial charge in [0.2, 0.25) is 0 Å². The number of hydrogen-bond donors (Lipinski definition) is 1. The van der Waals surface area contributed by atoms with Crippen LogP contribution in [0.15, 0.2) is 29.2 Å². The number of halogens is 1. The molecule has 116 valence electrons. The SMILES string of the molecule is CC1(NC(=O)c2ccc(S(=O)(=O)Cl)cc2)CCS(=O)(=O)C1. The van der Waals surface area contributed by atoms with E-state index in [-0.39, 0.29) is 22.0 Å². The Morgan fingerprint density at radius 3 is 2.29 bits per heavy atom. The van der Waals surface area contributed by atoms with Crippen LogP contribution in [0.4, 0.5) is 0 Å². The lowest BCUT2D eigenvalue weighted by Crippen LogP contribution is -2.46. The van der Waals surface area contributed by atoms with Crippen molar-refractivity contribution in [2.45, 2.75) is 23.8 Å². The minimum absolute atomic E-state index is 0.0488. The van der Waals surface area contributed by atoms with Gasteiger partial charge in [0.25, 0.3) is 15.0 Å². The second-order valence-electron chi connectivity index (χ2n) is 5.32. The molecule has 0 spiro atoms. The van der Waals surface area contributed by atoms with Crippen LogP contribution in [0.25, 0.3) is 0 Å². The Bertz CT molecular complexity index is 770. The second-order valence-corrected chi connectivity index (χ2v) is 10.1. The topological polar surface area (TPSA) is 97.4 Å². The number of nitrogens with one attached hydrogen (secondary N) is 1. The summed E-state index contributed by atoms with van der Waals surface area (Å²) < 4.78 is 45.2. The van der Waals surface area contributed by atoms with Crippen LogP contribution in [0.2, 0.25) is 0 Å². The second kappa shape index (κ2) is 5.26. The Kier molecular flexibility index (Phi) is 4.07. The van der Waals surface area contributed by atoms with E-state index in [2.05, 4.69) is 5.32 Å². The summed E-state index contributed by atoms with van der Waals surface area (Å²) in [6, 6.07) is 5.12. The van der Waals surface area contributed by atoms with Crippen molar-refractivity contribution < 1.29 is 21.6 Å². The number of rotatable bonds is 3. The third-order valence-corrected chi connectivity index (χ3v) is 6.59. The van der Waals surface area contributed by atoms with Crippen molar-refractivity contribution in [2.24, 2.45) is 0 Å². The van der Waals surface area contributed by atoms with Gasteiger partial charge in [-0.3, -0.25) is 4.79 Å². The molecule has 0 saturated carbocycles. The zero-order valence-corrected chi connectivity index (χ0v) is 13.6. The van der Waals surface area contributed by atoms with Gasteiger partial charge in [-0.25, -0.2) is 16.8 Å². The van der Waals surface area contributed by atoms with Gasteiger partial charge in [0.1, 0.15) is 0 Å². The molecule has 0 radical (unpaired) electrons. The molecule has 0 aliphatic carbocycles. The molecule has 1 atom stereocenters. The Balaban J connectivity index is 2.15. The Hall–Kier alpha value is -1.12. The monoisotopic (exact) mass is 351 g/mol. The zero-order valence-electron chi connectivity index (χ0n) is 11.2. The number of amides is 1. The van der Waals surface area contributed by atoms with E-state index in [0.717, 1.165) is 0 Å². The molecule has 1 saturated heterocycles. The molecule has 1 amide bonds. The van der Waals surface area contributed by atoms with Gasteiger partial charge in [-0.1, -0.05) is 0 Å². The lowest BCUT2D eigenvalue weighted by Gasteiger charge is -2.23. The standard InChI is InChI=1S/C12H14ClNO5S2/c1-12(6-7-20(16,17)8-12)14-11(15)9-2-4-10(5-3-9)21(13,18)19/h2-5H,6-8H2,1H3,(H,14,15). The van der Waals surface area contributed by atoms with Crippen LogP contribution in [0.1, 0.15) is 23.7 Å². The van der Waals surface area contributed by atoms with Crippen LogP contribution in [0.5, 0.6) is 0 Å². The fourth-order valence-corrected chi connectivity index (χ4v) is 5.09. The molecule has 9 heteroatoms. The van der Waals surface area contributed by atoms with Crippen LogP contribution in [0.3, 0.4) is 0 Å². The maximum atomic E-state index is 12.1. The van der Waals surface area contributed by atoms with E-state index < -0.39 is 30.3 Å². The van der Waals surface area contributed by atoms with E-state index in [0.29, 0.717) is 6.42 Å². The molecular formula is C12H14ClNO5S2. The molecule has 1 aliphatic heterocycles. The smallest absolute Gasteiger partial charge is 0.261 e. The van der Waals surface area contributed by atoms with Crippen molar-refractivity contribution in [2.75, 3.05) is 11.5 Å². The van der Waals surface area contributed by atoms with Crippen LogP contribution in [-0.2, 0) is 18.9 Å². The summed E-state index contributed by atoms with van der Waals surface area (Å²) in [5.74, 6) is -0.499. The molecule has 1 unspecified atom stereocenters. The number of benzene rings is 1. The van der Waals surface area contributed by atoms with Crippen LogP contribution < -0.4 is 5.32 Å². The van der Waals surface area contributed by atoms with Gasteiger partial charge >= 0.3 is 0 Å². The Labute approximate surface area is 127 Å². The third kappa shape index (κ3) is 3.96. The van der Waals surface area contributed by atoms with Gasteiger partial charge in [0.05, 0.1) is 21.9 Å². The normalized spacial score (nSPS) is 24.7. The maximum absolute atomic E-state index is 12.1. The lowest BCUT2D eigenvalue weighted by atomic mass is 10.0. The summed E-state index contributed by atoms with van der Waals surface area (Å²) >= 11 is 0. The minimum Gasteiger partial charge on any atom is -0.346 e. The number of hydrogen-bond acceptors (Lipinski definition) is 5. The molecule has 0 bridgehead atoms. The van der Waals surface area contributed by atoms with Crippen LogP contribution in [-0.4, -0.2) is 39.8 Å². The van der Waals surface area contributed by atoms with Crippen molar-refractivity contribution in [3.8, 4) is 0 Å². The summed E-state index contributed by atoms with van der Waals surface area (Å²) in [5, 5.41) is 2.68. The molecule has 2 rings (SSSR count). The Morgan fingerprint density at radius 2 is 1.86 bits per heavy atom. The summed E-state index contributed by atoms with van der Waals surface area (Å²) in [6.45, 7) is 1.67. The highest BCUT2D eigenvalue weighted by Gasteiger charge is 2.39. The van der Waals surface area contributed by atoms with Gasteiger partial charge in [-0.05, 0) is 37.6 Å². The highest BCUT2D eigenvalue weighted by Crippen LogP contribution is 2.23. The highest BCUT2D eigenvalue weighted by molar-refractivity contribution is 8.13. The van der Waals surface area contributed by atoms with E-state index in [1.54, 1.807) is 6.92 Å². The molecule has 1 N–H and O–H groups in total. The Morgan fingerprint density at radius 1 is 1.29 bits per heavy atom. The molecule has 1 aliphatic rings. The highest BCUT2D eigenvalue weighted by atomic mass is 35.7. The summed E-state index contributed by atoms with van der Waals surface area (Å²) in [5.41, 5.74) is -0.558. The van der Waals surface area contributed by atoms with Crippen molar-refractivity contribution in [3.05, 3.63) is 29.8 Å². The van der Waals surface area contributed by atoms with Gasteiger partial charge in [-0.2, -0.15) is 0 Å². The quantitative estimate of drug-likeness (QED) is 0.817. The first kappa shape index (κ1) is 16.3. The average Bonchev–Trinajstić information content (AvgIpc) is 2.62.